The van der Waals surface area contributed by atoms with E-state index in [1.807, 2.05) is 47.5 Å². The molecule has 0 aliphatic heterocycles. The Labute approximate surface area is 153 Å². The number of nitrogens with zero attached hydrogens (tertiary/aromatic N) is 4. The maximum atomic E-state index is 4.59. The lowest BCUT2D eigenvalue weighted by Gasteiger charge is -2.16. The van der Waals surface area contributed by atoms with Crippen molar-refractivity contribution < 1.29 is 0 Å². The third kappa shape index (κ3) is 3.00. The zero-order chi connectivity index (χ0) is 17.2. The molecule has 0 aliphatic rings. The van der Waals surface area contributed by atoms with Gasteiger partial charge in [0.1, 0.15) is 12.0 Å². The third-order valence-corrected chi connectivity index (χ3v) is 4.66. The maximum Gasteiger partial charge on any atom is 0.141 e. The molecule has 0 fully saturated rings. The Morgan fingerprint density at radius 1 is 1.28 bits per heavy atom. The van der Waals surface area contributed by atoms with E-state index in [0.29, 0.717) is 0 Å². The standard InChI is InChI=1S/C19H16BrN5/c1-2-4-17(13-5-3-6-15(20)9-13)25-11-14(10-24-25)18-16-7-8-21-19(16)23-12-22-18/h2-3,5-12,17H,1,4H2,(H,21,22,23). The molecule has 0 radical (unpaired) electrons. The summed E-state index contributed by atoms with van der Waals surface area (Å²) in [6, 6.07) is 10.4. The fourth-order valence-electron chi connectivity index (χ4n) is 3.00. The summed E-state index contributed by atoms with van der Waals surface area (Å²) < 4.78 is 3.02. The van der Waals surface area contributed by atoms with Crippen molar-refractivity contribution in [3.8, 4) is 11.3 Å². The largest absolute Gasteiger partial charge is 0.346 e. The van der Waals surface area contributed by atoms with Crippen LogP contribution >= 0.6 is 15.9 Å². The molecule has 3 aromatic heterocycles. The van der Waals surface area contributed by atoms with Gasteiger partial charge in [0.05, 0.1) is 17.9 Å². The molecule has 0 saturated heterocycles. The van der Waals surface area contributed by atoms with Crippen LogP contribution in [-0.2, 0) is 0 Å². The van der Waals surface area contributed by atoms with E-state index in [9.17, 15) is 0 Å². The van der Waals surface area contributed by atoms with Gasteiger partial charge in [0.25, 0.3) is 0 Å². The van der Waals surface area contributed by atoms with Gasteiger partial charge in [-0.25, -0.2) is 9.97 Å². The summed E-state index contributed by atoms with van der Waals surface area (Å²) in [5, 5.41) is 5.58. The van der Waals surface area contributed by atoms with Crippen molar-refractivity contribution in [2.45, 2.75) is 12.5 Å². The summed E-state index contributed by atoms with van der Waals surface area (Å²) in [6.07, 6.45) is 10.0. The zero-order valence-corrected chi connectivity index (χ0v) is 15.0. The highest BCUT2D eigenvalue weighted by Crippen LogP contribution is 2.29. The highest BCUT2D eigenvalue weighted by atomic mass is 79.9. The molecule has 25 heavy (non-hydrogen) atoms. The summed E-state index contributed by atoms with van der Waals surface area (Å²) in [5.74, 6) is 0. The lowest BCUT2D eigenvalue weighted by molar-refractivity contribution is 0.528. The minimum atomic E-state index is 0.0901. The van der Waals surface area contributed by atoms with Gasteiger partial charge in [-0.3, -0.25) is 4.68 Å². The van der Waals surface area contributed by atoms with Crippen molar-refractivity contribution in [1.29, 1.82) is 0 Å². The maximum absolute atomic E-state index is 4.59. The van der Waals surface area contributed by atoms with Crippen LogP contribution in [0.5, 0.6) is 0 Å². The monoisotopic (exact) mass is 393 g/mol. The predicted molar refractivity (Wildman–Crippen MR) is 102 cm³/mol. The predicted octanol–water partition coefficient (Wildman–Crippen LogP) is 4.75. The Morgan fingerprint density at radius 2 is 2.20 bits per heavy atom. The van der Waals surface area contributed by atoms with Crippen LogP contribution in [0, 0.1) is 0 Å². The summed E-state index contributed by atoms with van der Waals surface area (Å²) >= 11 is 3.54. The molecule has 1 unspecified atom stereocenters. The van der Waals surface area contributed by atoms with E-state index in [4.69, 9.17) is 0 Å². The van der Waals surface area contributed by atoms with E-state index in [1.165, 1.54) is 5.56 Å². The summed E-state index contributed by atoms with van der Waals surface area (Å²) in [4.78, 5) is 11.8. The van der Waals surface area contributed by atoms with E-state index in [1.54, 1.807) is 6.33 Å². The molecule has 124 valence electrons. The lowest BCUT2D eigenvalue weighted by Crippen LogP contribution is -2.10. The van der Waals surface area contributed by atoms with E-state index in [0.717, 1.165) is 33.2 Å². The first kappa shape index (κ1) is 15.8. The first-order valence-corrected chi connectivity index (χ1v) is 8.74. The number of aromatic amines is 1. The van der Waals surface area contributed by atoms with E-state index >= 15 is 0 Å². The number of hydrogen-bond acceptors (Lipinski definition) is 3. The molecule has 4 aromatic rings. The smallest absolute Gasteiger partial charge is 0.141 e. The van der Waals surface area contributed by atoms with Gasteiger partial charge in [0.15, 0.2) is 0 Å². The van der Waals surface area contributed by atoms with Crippen LogP contribution in [0.1, 0.15) is 18.0 Å². The normalized spacial score (nSPS) is 12.4. The highest BCUT2D eigenvalue weighted by Gasteiger charge is 2.16. The molecule has 0 aliphatic carbocycles. The number of nitrogens with one attached hydrogen (secondary N) is 1. The number of H-pyrrole nitrogens is 1. The number of benzene rings is 1. The van der Waals surface area contributed by atoms with Crippen LogP contribution < -0.4 is 0 Å². The van der Waals surface area contributed by atoms with Gasteiger partial charge in [-0.05, 0) is 30.2 Å². The Hall–Kier alpha value is -2.73. The second-order valence-electron chi connectivity index (χ2n) is 5.77. The quantitative estimate of drug-likeness (QED) is 0.497. The Morgan fingerprint density at radius 3 is 3.04 bits per heavy atom. The molecule has 0 amide bonds. The second-order valence-corrected chi connectivity index (χ2v) is 6.68. The van der Waals surface area contributed by atoms with Crippen molar-refractivity contribution in [2.24, 2.45) is 0 Å². The molecule has 0 spiro atoms. The van der Waals surface area contributed by atoms with Crippen LogP contribution in [0.2, 0.25) is 0 Å². The van der Waals surface area contributed by atoms with Crippen molar-refractivity contribution in [2.75, 3.05) is 0 Å². The average molecular weight is 394 g/mol. The van der Waals surface area contributed by atoms with Gasteiger partial charge in [-0.1, -0.05) is 34.1 Å². The van der Waals surface area contributed by atoms with Crippen molar-refractivity contribution in [3.05, 3.63) is 77.9 Å². The molecule has 1 N–H and O–H groups in total. The number of fused-ring (bicyclic) bond motifs is 1. The van der Waals surface area contributed by atoms with Crippen LogP contribution in [0.25, 0.3) is 22.3 Å². The molecule has 1 atom stereocenters. The van der Waals surface area contributed by atoms with Crippen molar-refractivity contribution in [1.82, 2.24) is 24.7 Å². The Balaban J connectivity index is 1.76. The molecule has 1 aromatic carbocycles. The SMILES string of the molecule is C=CCC(c1cccc(Br)c1)n1cc(-c2ncnc3[nH]ccc23)cn1. The molecular formula is C19H16BrN5. The lowest BCUT2D eigenvalue weighted by atomic mass is 10.0. The minimum absolute atomic E-state index is 0.0901. The summed E-state index contributed by atoms with van der Waals surface area (Å²) in [5.41, 5.74) is 3.85. The molecule has 3 heterocycles. The van der Waals surface area contributed by atoms with Crippen molar-refractivity contribution in [3.63, 3.8) is 0 Å². The summed E-state index contributed by atoms with van der Waals surface area (Å²) in [7, 11) is 0. The average Bonchev–Trinajstić information content (AvgIpc) is 3.28. The number of allylic oxidation sites excluding steroid dienone is 1. The van der Waals surface area contributed by atoms with Gasteiger partial charge >= 0.3 is 0 Å². The van der Waals surface area contributed by atoms with Crippen LogP contribution in [0.3, 0.4) is 0 Å². The molecule has 0 saturated carbocycles. The molecule has 4 rings (SSSR count). The Bertz CT molecular complexity index is 1030. The van der Waals surface area contributed by atoms with E-state index in [-0.39, 0.29) is 6.04 Å². The fraction of sp³-hybridized carbons (Fsp3) is 0.105. The van der Waals surface area contributed by atoms with Gasteiger partial charge in [0.2, 0.25) is 0 Å². The molecular weight excluding hydrogens is 378 g/mol. The third-order valence-electron chi connectivity index (χ3n) is 4.17. The number of aromatic nitrogens is 5. The Kier molecular flexibility index (Phi) is 4.19. The second kappa shape index (κ2) is 6.64. The minimum Gasteiger partial charge on any atom is -0.346 e. The number of hydrogen-bond donors (Lipinski definition) is 1. The topological polar surface area (TPSA) is 59.4 Å². The molecule has 0 bridgehead atoms. The first-order chi connectivity index (χ1) is 12.3. The molecule has 5 nitrogen and oxygen atoms in total. The van der Waals surface area contributed by atoms with Crippen LogP contribution in [0.4, 0.5) is 0 Å². The summed E-state index contributed by atoms with van der Waals surface area (Å²) in [6.45, 7) is 3.90. The van der Waals surface area contributed by atoms with E-state index in [2.05, 4.69) is 54.7 Å². The fourth-order valence-corrected chi connectivity index (χ4v) is 3.42. The number of halogens is 1. The van der Waals surface area contributed by atoms with Crippen LogP contribution in [0.15, 0.2) is 72.4 Å². The number of rotatable bonds is 5. The molecule has 6 heteroatoms. The first-order valence-electron chi connectivity index (χ1n) is 7.95. The van der Waals surface area contributed by atoms with E-state index < -0.39 is 0 Å². The van der Waals surface area contributed by atoms with Gasteiger partial charge in [0, 0.05) is 27.8 Å². The van der Waals surface area contributed by atoms with Crippen LogP contribution in [-0.4, -0.2) is 24.7 Å². The van der Waals surface area contributed by atoms with Gasteiger partial charge in [-0.15, -0.1) is 6.58 Å². The van der Waals surface area contributed by atoms with Gasteiger partial charge < -0.3 is 4.98 Å². The highest BCUT2D eigenvalue weighted by molar-refractivity contribution is 9.10. The zero-order valence-electron chi connectivity index (χ0n) is 13.4. The van der Waals surface area contributed by atoms with Gasteiger partial charge in [-0.2, -0.15) is 5.10 Å². The van der Waals surface area contributed by atoms with Crippen molar-refractivity contribution >= 4 is 27.0 Å².